The molecule has 0 N–H and O–H groups in total. The normalized spacial score (nSPS) is 15.6. The molecule has 0 aromatic heterocycles. The predicted molar refractivity (Wildman–Crippen MR) is 52.8 cm³/mol. The molecule has 0 spiro atoms. The van der Waals surface area contributed by atoms with E-state index in [1.54, 1.807) is 0 Å². The quantitative estimate of drug-likeness (QED) is 0.515. The Morgan fingerprint density at radius 3 is 2.64 bits per heavy atom. The minimum Gasteiger partial charge on any atom is -0.0888 e. The number of allylic oxidation sites excluding steroid dienone is 6. The van der Waals surface area contributed by atoms with Crippen LogP contribution in [0, 0.1) is 0 Å². The van der Waals surface area contributed by atoms with Crippen molar-refractivity contribution in [1.29, 1.82) is 0 Å². The summed E-state index contributed by atoms with van der Waals surface area (Å²) in [6.45, 7) is 6.07. The summed E-state index contributed by atoms with van der Waals surface area (Å²) in [6, 6.07) is 0. The lowest BCUT2D eigenvalue weighted by atomic mass is 10.2. The van der Waals surface area contributed by atoms with Gasteiger partial charge in [0.2, 0.25) is 0 Å². The molecule has 62 valence electrons. The van der Waals surface area contributed by atoms with E-state index in [0.717, 1.165) is 11.5 Å². The van der Waals surface area contributed by atoms with Crippen LogP contribution in [0.3, 0.4) is 0 Å². The van der Waals surface area contributed by atoms with E-state index < -0.39 is 0 Å². The van der Waals surface area contributed by atoms with Crippen molar-refractivity contribution in [3.63, 3.8) is 0 Å². The van der Waals surface area contributed by atoms with Crippen LogP contribution < -0.4 is 0 Å². The molecule has 0 saturated heterocycles. The first-order valence-corrected chi connectivity index (χ1v) is 4.36. The molecule has 1 aliphatic rings. The van der Waals surface area contributed by atoms with Gasteiger partial charge in [0.25, 0.3) is 0 Å². The highest BCUT2D eigenvalue weighted by Crippen LogP contribution is 2.13. The first-order valence-electron chi connectivity index (χ1n) is 3.98. The topological polar surface area (TPSA) is 0 Å². The van der Waals surface area contributed by atoms with Gasteiger partial charge in [0.15, 0.2) is 0 Å². The SMILES string of the molecule is CC.CC1=CCC(Cl)=CC=C1. The molecule has 1 heteroatoms. The predicted octanol–water partition coefficient (Wildman–Crippen LogP) is 4.04. The van der Waals surface area contributed by atoms with Crippen molar-refractivity contribution in [3.05, 3.63) is 34.9 Å². The standard InChI is InChI=1S/C8H9Cl.C2H6/c1-7-3-2-4-8(9)6-5-7;1-2/h2-5H,6H2,1H3;1-2H3. The average molecular weight is 171 g/mol. The molecule has 1 aliphatic carbocycles. The van der Waals surface area contributed by atoms with Gasteiger partial charge in [-0.15, -0.1) is 0 Å². The molecule has 0 heterocycles. The molecule has 0 amide bonds. The monoisotopic (exact) mass is 170 g/mol. The Kier molecular flexibility index (Phi) is 5.96. The van der Waals surface area contributed by atoms with Gasteiger partial charge in [0, 0.05) is 11.5 Å². The second-order valence-electron chi connectivity index (χ2n) is 2.12. The van der Waals surface area contributed by atoms with Crippen LogP contribution in [-0.4, -0.2) is 0 Å². The van der Waals surface area contributed by atoms with Crippen LogP contribution in [0.4, 0.5) is 0 Å². The number of halogens is 1. The third kappa shape index (κ3) is 4.86. The van der Waals surface area contributed by atoms with Gasteiger partial charge in [-0.05, 0) is 13.0 Å². The number of hydrogen-bond acceptors (Lipinski definition) is 0. The summed E-state index contributed by atoms with van der Waals surface area (Å²) in [5.41, 5.74) is 1.28. The zero-order chi connectivity index (χ0) is 8.69. The lowest BCUT2D eigenvalue weighted by molar-refractivity contribution is 1.32. The van der Waals surface area contributed by atoms with Crippen molar-refractivity contribution >= 4 is 11.6 Å². The third-order valence-electron chi connectivity index (χ3n) is 1.26. The maximum Gasteiger partial charge on any atom is 0.0218 e. The van der Waals surface area contributed by atoms with Gasteiger partial charge in [-0.1, -0.05) is 49.2 Å². The van der Waals surface area contributed by atoms with Crippen molar-refractivity contribution in [3.8, 4) is 0 Å². The summed E-state index contributed by atoms with van der Waals surface area (Å²) in [5.74, 6) is 0. The molecule has 0 aliphatic heterocycles. The van der Waals surface area contributed by atoms with Gasteiger partial charge in [0.1, 0.15) is 0 Å². The molecule has 0 radical (unpaired) electrons. The van der Waals surface area contributed by atoms with Crippen LogP contribution in [-0.2, 0) is 0 Å². The fraction of sp³-hybridized carbons (Fsp3) is 0.400. The largest absolute Gasteiger partial charge is 0.0888 e. The number of hydrogen-bond donors (Lipinski definition) is 0. The second kappa shape index (κ2) is 6.23. The molecule has 1 rings (SSSR count). The van der Waals surface area contributed by atoms with E-state index in [0.29, 0.717) is 0 Å². The highest BCUT2D eigenvalue weighted by Gasteiger charge is 1.90. The summed E-state index contributed by atoms with van der Waals surface area (Å²) >= 11 is 5.75. The maximum atomic E-state index is 5.75. The molecule has 0 aromatic carbocycles. The minimum atomic E-state index is 0.875. The van der Waals surface area contributed by atoms with E-state index in [-0.39, 0.29) is 0 Å². The lowest BCUT2D eigenvalue weighted by Gasteiger charge is -1.87. The Labute approximate surface area is 74.3 Å². The van der Waals surface area contributed by atoms with E-state index in [1.165, 1.54) is 5.57 Å². The molecule has 0 nitrogen and oxygen atoms in total. The van der Waals surface area contributed by atoms with Crippen molar-refractivity contribution < 1.29 is 0 Å². The highest BCUT2D eigenvalue weighted by atomic mass is 35.5. The van der Waals surface area contributed by atoms with Crippen LogP contribution in [0.5, 0.6) is 0 Å². The van der Waals surface area contributed by atoms with Gasteiger partial charge < -0.3 is 0 Å². The summed E-state index contributed by atoms with van der Waals surface area (Å²) in [5, 5.41) is 0.906. The van der Waals surface area contributed by atoms with Crippen LogP contribution in [0.2, 0.25) is 0 Å². The van der Waals surface area contributed by atoms with Crippen LogP contribution in [0.25, 0.3) is 0 Å². The van der Waals surface area contributed by atoms with Gasteiger partial charge in [-0.3, -0.25) is 0 Å². The van der Waals surface area contributed by atoms with E-state index in [2.05, 4.69) is 19.1 Å². The van der Waals surface area contributed by atoms with E-state index in [4.69, 9.17) is 11.6 Å². The van der Waals surface area contributed by atoms with Crippen LogP contribution in [0.1, 0.15) is 27.2 Å². The van der Waals surface area contributed by atoms with E-state index in [9.17, 15) is 0 Å². The zero-order valence-electron chi connectivity index (χ0n) is 7.39. The Morgan fingerprint density at radius 2 is 2.00 bits per heavy atom. The van der Waals surface area contributed by atoms with E-state index >= 15 is 0 Å². The Hall–Kier alpha value is -0.490. The fourth-order valence-corrected chi connectivity index (χ4v) is 0.849. The van der Waals surface area contributed by atoms with Crippen molar-refractivity contribution in [2.75, 3.05) is 0 Å². The molecule has 0 saturated carbocycles. The van der Waals surface area contributed by atoms with E-state index in [1.807, 2.05) is 26.0 Å². The fourth-order valence-electron chi connectivity index (χ4n) is 0.699. The van der Waals surface area contributed by atoms with Crippen LogP contribution in [0.15, 0.2) is 34.9 Å². The maximum absolute atomic E-state index is 5.75. The summed E-state index contributed by atoms with van der Waals surface area (Å²) in [4.78, 5) is 0. The molecule has 0 bridgehead atoms. The molecule has 0 atom stereocenters. The molecule has 11 heavy (non-hydrogen) atoms. The molecule has 0 unspecified atom stereocenters. The summed E-state index contributed by atoms with van der Waals surface area (Å²) in [6.07, 6.45) is 8.94. The molecule has 0 aromatic rings. The smallest absolute Gasteiger partial charge is 0.0218 e. The Morgan fingerprint density at radius 1 is 1.36 bits per heavy atom. The second-order valence-corrected chi connectivity index (χ2v) is 2.61. The van der Waals surface area contributed by atoms with Crippen molar-refractivity contribution in [1.82, 2.24) is 0 Å². The Balaban J connectivity index is 0.000000461. The number of rotatable bonds is 0. The molecular formula is C10H15Cl. The molecular weight excluding hydrogens is 156 g/mol. The highest BCUT2D eigenvalue weighted by molar-refractivity contribution is 6.29. The summed E-state index contributed by atoms with van der Waals surface area (Å²) < 4.78 is 0. The first kappa shape index (κ1) is 10.5. The Bertz CT molecular complexity index is 182. The summed E-state index contributed by atoms with van der Waals surface area (Å²) in [7, 11) is 0. The van der Waals surface area contributed by atoms with Crippen molar-refractivity contribution in [2.24, 2.45) is 0 Å². The minimum absolute atomic E-state index is 0.875. The van der Waals surface area contributed by atoms with Gasteiger partial charge in [-0.25, -0.2) is 0 Å². The van der Waals surface area contributed by atoms with Gasteiger partial charge in [0.05, 0.1) is 0 Å². The van der Waals surface area contributed by atoms with Gasteiger partial charge in [-0.2, -0.15) is 0 Å². The average Bonchev–Trinajstić information content (AvgIpc) is 2.20. The van der Waals surface area contributed by atoms with Crippen LogP contribution >= 0.6 is 11.6 Å². The molecule has 0 fully saturated rings. The lowest BCUT2D eigenvalue weighted by Crippen LogP contribution is -1.66. The third-order valence-corrected chi connectivity index (χ3v) is 1.54. The zero-order valence-corrected chi connectivity index (χ0v) is 8.15. The van der Waals surface area contributed by atoms with Gasteiger partial charge >= 0.3 is 0 Å². The first-order chi connectivity index (χ1) is 5.29. The van der Waals surface area contributed by atoms with Crippen molar-refractivity contribution in [2.45, 2.75) is 27.2 Å².